The number of amides is 3. The molecule has 4 atom stereocenters. The number of hydrogen-bond donors (Lipinski definition) is 5. The van der Waals surface area contributed by atoms with Gasteiger partial charge in [-0.25, -0.2) is 4.79 Å². The average Bonchev–Trinajstić information content (AvgIpc) is 3.33. The van der Waals surface area contributed by atoms with Crippen molar-refractivity contribution in [3.05, 3.63) is 93.7 Å². The van der Waals surface area contributed by atoms with Gasteiger partial charge in [-0.2, -0.15) is 0 Å². The quantitative estimate of drug-likeness (QED) is 0.220. The second-order valence-electron chi connectivity index (χ2n) is 11.1. The molecular weight excluding hydrogens is 526 g/mol. The summed E-state index contributed by atoms with van der Waals surface area (Å²) in [6.45, 7) is 7.25. The van der Waals surface area contributed by atoms with Crippen molar-refractivity contribution in [2.45, 2.75) is 71.2 Å². The Kier molecular flexibility index (Phi) is 10.9. The third-order valence-electron chi connectivity index (χ3n) is 6.64. The van der Waals surface area contributed by atoms with E-state index in [0.29, 0.717) is 17.7 Å². The molecule has 9 heteroatoms. The highest BCUT2D eigenvalue weighted by Gasteiger charge is 2.35. The van der Waals surface area contributed by atoms with E-state index in [2.05, 4.69) is 16.0 Å². The third kappa shape index (κ3) is 9.50. The number of aryl methyl sites for hydroxylation is 1. The van der Waals surface area contributed by atoms with Gasteiger partial charge >= 0.3 is 6.09 Å². The molecule has 0 saturated heterocycles. The number of rotatable bonds is 12. The highest BCUT2D eigenvalue weighted by molar-refractivity contribution is 7.13. The minimum atomic E-state index is -1.30. The summed E-state index contributed by atoms with van der Waals surface area (Å²) in [5.41, 5.74) is 1.21. The van der Waals surface area contributed by atoms with E-state index in [4.69, 9.17) is 0 Å². The predicted octanol–water partition coefficient (Wildman–Crippen LogP) is 4.56. The maximum Gasteiger partial charge on any atom is 0.405 e. The summed E-state index contributed by atoms with van der Waals surface area (Å²) < 4.78 is 0. The number of aliphatic hydroxyl groups is 1. The second kappa shape index (κ2) is 14.1. The minimum absolute atomic E-state index is 0.176. The van der Waals surface area contributed by atoms with Gasteiger partial charge < -0.3 is 26.2 Å². The number of nitrogens with one attached hydrogen (secondary N) is 3. The molecule has 214 valence electrons. The van der Waals surface area contributed by atoms with E-state index in [1.165, 1.54) is 11.3 Å². The Morgan fingerprint density at radius 1 is 0.825 bits per heavy atom. The Balaban J connectivity index is 1.85. The van der Waals surface area contributed by atoms with E-state index in [1.54, 1.807) is 26.8 Å². The molecule has 3 rings (SSSR count). The summed E-state index contributed by atoms with van der Waals surface area (Å²) in [6.07, 6.45) is -1.34. The standard InChI is InChI=1S/C31H39N3O5S/c1-20-15-16-26(40-20)28(36)32-23(17-21-11-7-5-8-12-21)19-25(35)24(18-22-13-9-6-10-14-22)33-29(37)27(31(2,3)4)34-30(38)39/h5-16,23-25,27,34-35H,17-19H2,1-4H3,(H,32,36)(H,33,37)(H,38,39)/t23-,24-,25-,27+/m0/s1. The predicted molar refractivity (Wildman–Crippen MR) is 158 cm³/mol. The number of benzene rings is 2. The van der Waals surface area contributed by atoms with Gasteiger partial charge in [-0.15, -0.1) is 11.3 Å². The van der Waals surface area contributed by atoms with E-state index < -0.39 is 41.6 Å². The monoisotopic (exact) mass is 565 g/mol. The van der Waals surface area contributed by atoms with Gasteiger partial charge in [0.2, 0.25) is 5.91 Å². The van der Waals surface area contributed by atoms with Crippen LogP contribution in [0, 0.1) is 12.3 Å². The summed E-state index contributed by atoms with van der Waals surface area (Å²) in [4.78, 5) is 39.5. The van der Waals surface area contributed by atoms with Crippen molar-refractivity contribution in [3.63, 3.8) is 0 Å². The van der Waals surface area contributed by atoms with Gasteiger partial charge in [0, 0.05) is 10.9 Å². The first-order valence-corrected chi connectivity index (χ1v) is 14.2. The molecule has 8 nitrogen and oxygen atoms in total. The van der Waals surface area contributed by atoms with Crippen LogP contribution in [0.4, 0.5) is 4.79 Å². The first-order chi connectivity index (χ1) is 18.9. The Morgan fingerprint density at radius 2 is 1.40 bits per heavy atom. The van der Waals surface area contributed by atoms with Crippen LogP contribution in [0.2, 0.25) is 0 Å². The van der Waals surface area contributed by atoms with Crippen molar-refractivity contribution >= 4 is 29.2 Å². The van der Waals surface area contributed by atoms with Gasteiger partial charge in [0.15, 0.2) is 0 Å². The molecule has 0 fully saturated rings. The van der Waals surface area contributed by atoms with Gasteiger partial charge in [0.05, 0.1) is 17.0 Å². The van der Waals surface area contributed by atoms with Crippen LogP contribution in [-0.4, -0.2) is 52.4 Å². The molecule has 3 amide bonds. The summed E-state index contributed by atoms with van der Waals surface area (Å²) in [5.74, 6) is -0.735. The van der Waals surface area contributed by atoms with Crippen LogP contribution in [0.5, 0.6) is 0 Å². The van der Waals surface area contributed by atoms with Gasteiger partial charge in [-0.05, 0) is 54.9 Å². The van der Waals surface area contributed by atoms with Gasteiger partial charge in [0.1, 0.15) is 6.04 Å². The number of carbonyl (C=O) groups is 3. The van der Waals surface area contributed by atoms with Crippen molar-refractivity contribution < 1.29 is 24.6 Å². The van der Waals surface area contributed by atoms with Gasteiger partial charge in [-0.1, -0.05) is 81.4 Å². The highest BCUT2D eigenvalue weighted by atomic mass is 32.1. The molecule has 5 N–H and O–H groups in total. The van der Waals surface area contributed by atoms with Crippen molar-refractivity contribution in [2.24, 2.45) is 5.41 Å². The maximum absolute atomic E-state index is 13.4. The van der Waals surface area contributed by atoms with E-state index in [1.807, 2.05) is 73.7 Å². The van der Waals surface area contributed by atoms with Crippen molar-refractivity contribution in [1.29, 1.82) is 0 Å². The normalized spacial score (nSPS) is 14.4. The lowest BCUT2D eigenvalue weighted by Gasteiger charge is -2.33. The van der Waals surface area contributed by atoms with Gasteiger partial charge in [-0.3, -0.25) is 9.59 Å². The van der Waals surface area contributed by atoms with Crippen LogP contribution in [0.25, 0.3) is 0 Å². The highest BCUT2D eigenvalue weighted by Crippen LogP contribution is 2.21. The lowest BCUT2D eigenvalue weighted by atomic mass is 9.85. The number of thiophene rings is 1. The van der Waals surface area contributed by atoms with Crippen molar-refractivity contribution in [1.82, 2.24) is 16.0 Å². The third-order valence-corrected chi connectivity index (χ3v) is 7.64. The molecule has 0 aliphatic carbocycles. The first kappa shape index (κ1) is 30.8. The van der Waals surface area contributed by atoms with E-state index in [9.17, 15) is 24.6 Å². The van der Waals surface area contributed by atoms with Crippen LogP contribution in [-0.2, 0) is 17.6 Å². The molecule has 0 aliphatic rings. The molecule has 40 heavy (non-hydrogen) atoms. The summed E-state index contributed by atoms with van der Waals surface area (Å²) in [6, 6.07) is 20.7. The van der Waals surface area contributed by atoms with Crippen LogP contribution < -0.4 is 16.0 Å². The lowest BCUT2D eigenvalue weighted by Crippen LogP contribution is -2.58. The molecule has 1 aromatic heterocycles. The fourth-order valence-corrected chi connectivity index (χ4v) is 5.35. The summed E-state index contributed by atoms with van der Waals surface area (Å²) in [5, 5.41) is 29.2. The first-order valence-electron chi connectivity index (χ1n) is 13.4. The largest absolute Gasteiger partial charge is 0.465 e. The molecule has 0 spiro atoms. The lowest BCUT2D eigenvalue weighted by molar-refractivity contribution is -0.127. The van der Waals surface area contributed by atoms with Crippen LogP contribution >= 0.6 is 11.3 Å². The Hall–Kier alpha value is -3.69. The topological polar surface area (TPSA) is 128 Å². The zero-order chi connectivity index (χ0) is 29.3. The molecule has 0 aliphatic heterocycles. The molecule has 0 bridgehead atoms. The van der Waals surface area contributed by atoms with E-state index in [-0.39, 0.29) is 12.3 Å². The van der Waals surface area contributed by atoms with Crippen LogP contribution in [0.3, 0.4) is 0 Å². The molecular formula is C31H39N3O5S. The molecule has 0 unspecified atom stereocenters. The minimum Gasteiger partial charge on any atom is -0.465 e. The molecule has 1 heterocycles. The summed E-state index contributed by atoms with van der Waals surface area (Å²) in [7, 11) is 0. The average molecular weight is 566 g/mol. The SMILES string of the molecule is Cc1ccc(C(=O)N[C@@H](Cc2ccccc2)C[C@H](O)[C@H](Cc2ccccc2)NC(=O)[C@@H](NC(=O)O)C(C)(C)C)s1. The fraction of sp³-hybridized carbons (Fsp3) is 0.387. The zero-order valence-corrected chi connectivity index (χ0v) is 24.2. The number of carbonyl (C=O) groups excluding carboxylic acids is 2. The van der Waals surface area contributed by atoms with Crippen molar-refractivity contribution in [2.75, 3.05) is 0 Å². The zero-order valence-electron chi connectivity index (χ0n) is 23.4. The van der Waals surface area contributed by atoms with Crippen molar-refractivity contribution in [3.8, 4) is 0 Å². The fourth-order valence-electron chi connectivity index (χ4n) is 4.58. The van der Waals surface area contributed by atoms with E-state index >= 15 is 0 Å². The Bertz CT molecular complexity index is 1260. The molecule has 3 aromatic rings. The number of aliphatic hydroxyl groups excluding tert-OH is 1. The number of carboxylic acid groups (broad SMARTS) is 1. The molecule has 0 radical (unpaired) electrons. The van der Waals surface area contributed by atoms with Crippen LogP contribution in [0.15, 0.2) is 72.8 Å². The Morgan fingerprint density at radius 3 is 1.90 bits per heavy atom. The maximum atomic E-state index is 13.4. The second-order valence-corrected chi connectivity index (χ2v) is 12.4. The molecule has 2 aromatic carbocycles. The number of hydrogen-bond acceptors (Lipinski definition) is 5. The Labute approximate surface area is 239 Å². The van der Waals surface area contributed by atoms with E-state index in [0.717, 1.165) is 16.0 Å². The van der Waals surface area contributed by atoms with Crippen LogP contribution in [0.1, 0.15) is 52.9 Å². The summed E-state index contributed by atoms with van der Waals surface area (Å²) >= 11 is 1.40. The smallest absolute Gasteiger partial charge is 0.405 e. The van der Waals surface area contributed by atoms with Gasteiger partial charge in [0.25, 0.3) is 5.91 Å². The molecule has 0 saturated carbocycles.